The molecule has 4 saturated heterocycles. The Labute approximate surface area is 427 Å². The van der Waals surface area contributed by atoms with E-state index in [1.54, 1.807) is 6.92 Å². The molecule has 0 aromatic heterocycles. The van der Waals surface area contributed by atoms with E-state index in [0.29, 0.717) is 20.1 Å². The van der Waals surface area contributed by atoms with Crippen molar-refractivity contribution in [2.24, 2.45) is 23.7 Å². The molecule has 10 heteroatoms. The van der Waals surface area contributed by atoms with E-state index in [2.05, 4.69) is 86.9 Å². The smallest absolute Gasteiger partial charge is 0.221 e. The van der Waals surface area contributed by atoms with Crippen molar-refractivity contribution >= 4 is 90.4 Å². The van der Waals surface area contributed by atoms with Gasteiger partial charge < -0.3 is 10.6 Å². The number of nitrogens with one attached hydrogen (secondary N) is 2. The number of amides is 2. The molecule has 0 saturated carbocycles. The van der Waals surface area contributed by atoms with Crippen molar-refractivity contribution in [3.8, 4) is 0 Å². The fraction of sp³-hybridized carbons (Fsp3) is 0.414. The van der Waals surface area contributed by atoms with Gasteiger partial charge in [-0.05, 0) is 154 Å². The van der Waals surface area contributed by atoms with Crippen LogP contribution in [0.25, 0.3) is 5.70 Å². The van der Waals surface area contributed by atoms with Crippen molar-refractivity contribution < 1.29 is 9.59 Å². The number of carbonyl (C=O) groups is 2. The summed E-state index contributed by atoms with van der Waals surface area (Å²) in [5.41, 5.74) is 12.0. The summed E-state index contributed by atoms with van der Waals surface area (Å²) in [4.78, 5) is 22.8. The normalized spacial score (nSPS) is 30.4. The highest BCUT2D eigenvalue weighted by Crippen LogP contribution is 2.71. The SMILES string of the molecule is CC(=O)NC1=CC[C@@H](c2ccc(Cl)c(Cl)c2)c2ccccc21.CC(=O)N[C@@H]1CC[C@@H](c2ccc(Cl)c(Cl)c2)c2ccccc21.C[C@H]1CC2[C@@H](C)CC1P2c1ccccc1P1C2C[C@H](C)C1C[C@@H]2C. The van der Waals surface area contributed by atoms with Gasteiger partial charge in [0.05, 0.1) is 26.1 Å². The van der Waals surface area contributed by atoms with Gasteiger partial charge in [0, 0.05) is 36.9 Å². The topological polar surface area (TPSA) is 58.2 Å². The van der Waals surface area contributed by atoms with Gasteiger partial charge in [0.25, 0.3) is 0 Å². The number of allylic oxidation sites excluding steroid dienone is 1. The monoisotopic (exact) mass is 1020 g/mol. The third kappa shape index (κ3) is 10.1. The lowest BCUT2D eigenvalue weighted by atomic mass is 9.77. The summed E-state index contributed by atoms with van der Waals surface area (Å²) in [5.74, 6) is 4.38. The Hall–Kier alpha value is -3.20. The van der Waals surface area contributed by atoms with E-state index in [1.165, 1.54) is 54.9 Å². The molecule has 5 aromatic rings. The molecular formula is C58H64Cl4N2O2P2. The summed E-state index contributed by atoms with van der Waals surface area (Å²) in [7, 11) is 0.220. The van der Waals surface area contributed by atoms with Crippen LogP contribution in [-0.2, 0) is 9.59 Å². The number of hydrogen-bond acceptors (Lipinski definition) is 2. The molecule has 356 valence electrons. The van der Waals surface area contributed by atoms with Gasteiger partial charge in [0.15, 0.2) is 0 Å². The number of benzene rings is 5. The third-order valence-electron chi connectivity index (χ3n) is 16.0. The Balaban J connectivity index is 0.000000128. The lowest BCUT2D eigenvalue weighted by Gasteiger charge is -2.32. The molecule has 2 amide bonds. The lowest BCUT2D eigenvalue weighted by molar-refractivity contribution is -0.120. The largest absolute Gasteiger partial charge is 0.350 e. The van der Waals surface area contributed by atoms with Crippen LogP contribution in [0.3, 0.4) is 0 Å². The Kier molecular flexibility index (Phi) is 15.6. The molecule has 11 atom stereocenters. The zero-order valence-electron chi connectivity index (χ0n) is 40.0. The first kappa shape index (κ1) is 49.8. The zero-order valence-corrected chi connectivity index (χ0v) is 44.8. The molecule has 4 aliphatic heterocycles. The molecule has 6 aliphatic rings. The first-order valence-electron chi connectivity index (χ1n) is 24.7. The maximum Gasteiger partial charge on any atom is 0.221 e. The fourth-order valence-corrected chi connectivity index (χ4v) is 22.7. The molecule has 4 nitrogen and oxygen atoms in total. The van der Waals surface area contributed by atoms with Crippen molar-refractivity contribution in [3.63, 3.8) is 0 Å². The first-order valence-corrected chi connectivity index (χ1v) is 29.1. The van der Waals surface area contributed by atoms with E-state index in [9.17, 15) is 9.59 Å². The van der Waals surface area contributed by atoms with Gasteiger partial charge in [-0.2, -0.15) is 0 Å². The number of halogens is 4. The van der Waals surface area contributed by atoms with Crippen LogP contribution in [0.4, 0.5) is 0 Å². The maximum absolute atomic E-state index is 11.4. The van der Waals surface area contributed by atoms with E-state index < -0.39 is 0 Å². The molecule has 0 spiro atoms. The fourth-order valence-electron chi connectivity index (χ4n) is 12.9. The van der Waals surface area contributed by atoms with Crippen LogP contribution in [0.15, 0.2) is 115 Å². The van der Waals surface area contributed by atoms with Crippen molar-refractivity contribution in [2.45, 2.75) is 127 Å². The first-order chi connectivity index (χ1) is 32.7. The van der Waals surface area contributed by atoms with Gasteiger partial charge in [0.1, 0.15) is 0 Å². The zero-order chi connectivity index (χ0) is 48.0. The van der Waals surface area contributed by atoms with Crippen LogP contribution in [0.5, 0.6) is 0 Å². The minimum atomic E-state index is -0.0611. The Morgan fingerprint density at radius 2 is 0.971 bits per heavy atom. The molecule has 2 N–H and O–H groups in total. The molecular weight excluding hydrogens is 960 g/mol. The van der Waals surface area contributed by atoms with Gasteiger partial charge in [0.2, 0.25) is 11.8 Å². The minimum absolute atomic E-state index is 0.00721. The summed E-state index contributed by atoms with van der Waals surface area (Å²) in [6.45, 7) is 13.3. The molecule has 4 heterocycles. The molecule has 5 aromatic carbocycles. The Morgan fingerprint density at radius 1 is 0.515 bits per heavy atom. The highest BCUT2D eigenvalue weighted by molar-refractivity contribution is 7.74. The number of fused-ring (bicyclic) bond motifs is 6. The predicted octanol–water partition coefficient (Wildman–Crippen LogP) is 15.6. The lowest BCUT2D eigenvalue weighted by Crippen LogP contribution is -2.30. The average Bonchev–Trinajstić information content (AvgIpc) is 4.03. The van der Waals surface area contributed by atoms with Crippen molar-refractivity contribution in [1.82, 2.24) is 10.6 Å². The second kappa shape index (κ2) is 21.3. The molecule has 11 rings (SSSR count). The standard InChI is InChI=1S/C22H32P2.C18H17Cl2NO.C18H15Cl2NO/c1-13-9-20-14(2)10-19(13)23(20)17-7-5-6-8-18(17)24-21-12-16(4)22(24)11-15(21)3;2*1-11(22)21-18-9-7-13(14-4-2-3-5-15(14)18)12-6-8-16(19)17(20)10-12/h5-8,13-16,19-22H,9-12H2,1-4H3;2-6,8,10,13,18H,7,9H2,1H3,(H,21,22);2-6,8-10,13H,7H2,1H3,(H,21,22)/t13-,14-,15-,16-,19?,20?,21?,22?,23?,24?;13-,18+;13-/m000/s1. The minimum Gasteiger partial charge on any atom is -0.350 e. The van der Waals surface area contributed by atoms with E-state index >= 15 is 0 Å². The Morgan fingerprint density at radius 3 is 1.46 bits per heavy atom. The van der Waals surface area contributed by atoms with Crippen LogP contribution in [0.1, 0.15) is 138 Å². The van der Waals surface area contributed by atoms with Gasteiger partial charge in [-0.25, -0.2) is 0 Å². The van der Waals surface area contributed by atoms with Crippen LogP contribution in [0, 0.1) is 23.7 Å². The van der Waals surface area contributed by atoms with Gasteiger partial charge in [-0.15, -0.1) is 0 Å². The third-order valence-corrected chi connectivity index (χ3v) is 25.3. The molecule has 2 aliphatic carbocycles. The van der Waals surface area contributed by atoms with Gasteiger partial charge >= 0.3 is 0 Å². The number of rotatable bonds is 6. The van der Waals surface area contributed by atoms with Crippen molar-refractivity contribution in [3.05, 3.63) is 169 Å². The Bertz CT molecular complexity index is 2620. The maximum atomic E-state index is 11.4. The second-order valence-electron chi connectivity index (χ2n) is 20.5. The molecule has 0 radical (unpaired) electrons. The van der Waals surface area contributed by atoms with E-state index in [1.807, 2.05) is 77.3 Å². The highest BCUT2D eigenvalue weighted by atomic mass is 35.5. The average molecular weight is 1020 g/mol. The quantitative estimate of drug-likeness (QED) is 0.167. The predicted molar refractivity (Wildman–Crippen MR) is 292 cm³/mol. The van der Waals surface area contributed by atoms with Crippen LogP contribution < -0.4 is 21.2 Å². The molecule has 4 fully saturated rings. The van der Waals surface area contributed by atoms with Crippen molar-refractivity contribution in [1.29, 1.82) is 0 Å². The summed E-state index contributed by atoms with van der Waals surface area (Å²) in [6.07, 6.45) is 10.8. The van der Waals surface area contributed by atoms with E-state index in [0.717, 1.165) is 82.4 Å². The van der Waals surface area contributed by atoms with E-state index in [4.69, 9.17) is 46.4 Å². The second-order valence-corrected chi connectivity index (χ2v) is 27.3. The van der Waals surface area contributed by atoms with Gasteiger partial charge in [-0.3, -0.25) is 9.59 Å². The summed E-state index contributed by atoms with van der Waals surface area (Å²) >= 11 is 24.4. The number of hydrogen-bond donors (Lipinski definition) is 2. The number of carbonyl (C=O) groups excluding carboxylic acids is 2. The molecule has 4 bridgehead atoms. The van der Waals surface area contributed by atoms with Crippen LogP contribution >= 0.6 is 62.2 Å². The van der Waals surface area contributed by atoms with Crippen LogP contribution in [0.2, 0.25) is 20.1 Å². The summed E-state index contributed by atoms with van der Waals surface area (Å²) in [6, 6.07) is 37.9. The van der Waals surface area contributed by atoms with Gasteiger partial charge in [-0.1, -0.05) is 181 Å². The summed E-state index contributed by atoms with van der Waals surface area (Å²) < 4.78 is 0. The highest BCUT2D eigenvalue weighted by Gasteiger charge is 2.54. The van der Waals surface area contributed by atoms with Crippen LogP contribution in [-0.4, -0.2) is 34.5 Å². The van der Waals surface area contributed by atoms with Crippen molar-refractivity contribution in [2.75, 3.05) is 0 Å². The summed E-state index contributed by atoms with van der Waals surface area (Å²) in [5, 5.41) is 12.0. The van der Waals surface area contributed by atoms with E-state index in [-0.39, 0.29) is 45.5 Å². The molecule has 68 heavy (non-hydrogen) atoms. The molecule has 4 unspecified atom stereocenters.